The first-order valence-electron chi connectivity index (χ1n) is 8.42. The number of benzene rings is 1. The van der Waals surface area contributed by atoms with Gasteiger partial charge in [0.1, 0.15) is 11.9 Å². The zero-order valence-corrected chi connectivity index (χ0v) is 14.3. The number of hydrogen-bond donors (Lipinski definition) is 2. The summed E-state index contributed by atoms with van der Waals surface area (Å²) in [6, 6.07) is 7.79. The molecule has 0 bridgehead atoms. The van der Waals surface area contributed by atoms with E-state index in [1.165, 1.54) is 0 Å². The quantitative estimate of drug-likeness (QED) is 0.709. The zero-order chi connectivity index (χ0) is 18.3. The standard InChI is InChI=1S/C20H17N5O/c1-11-4-5-23-9-16(11)14-6-13-7-18(25-20(26)12-2-3-12)24-10-17(13)19(22)15(14)8-21/h4-7,9-10,12H,2-3,22H2,1H3,(H,24,25,26). The number of nitrogens with one attached hydrogen (secondary N) is 1. The van der Waals surface area contributed by atoms with Crippen molar-refractivity contribution in [1.82, 2.24) is 9.97 Å². The summed E-state index contributed by atoms with van der Waals surface area (Å²) in [5.74, 6) is 0.598. The fourth-order valence-corrected chi connectivity index (χ4v) is 3.04. The fraction of sp³-hybridized carbons (Fsp3) is 0.200. The van der Waals surface area contributed by atoms with E-state index >= 15 is 0 Å². The van der Waals surface area contributed by atoms with Crippen LogP contribution in [0.5, 0.6) is 0 Å². The van der Waals surface area contributed by atoms with Crippen LogP contribution in [0.4, 0.5) is 11.5 Å². The largest absolute Gasteiger partial charge is 0.397 e. The van der Waals surface area contributed by atoms with Gasteiger partial charge in [0.2, 0.25) is 5.91 Å². The summed E-state index contributed by atoms with van der Waals surface area (Å²) in [5, 5.41) is 14.0. The van der Waals surface area contributed by atoms with Crippen molar-refractivity contribution in [2.24, 2.45) is 5.92 Å². The predicted molar refractivity (Wildman–Crippen MR) is 100 cm³/mol. The number of hydrogen-bond acceptors (Lipinski definition) is 5. The number of aromatic nitrogens is 2. The summed E-state index contributed by atoms with van der Waals surface area (Å²) in [7, 11) is 0. The topological polar surface area (TPSA) is 105 Å². The van der Waals surface area contributed by atoms with Crippen LogP contribution in [0.25, 0.3) is 21.9 Å². The van der Waals surface area contributed by atoms with E-state index in [2.05, 4.69) is 21.4 Å². The van der Waals surface area contributed by atoms with Gasteiger partial charge in [0.05, 0.1) is 11.3 Å². The van der Waals surface area contributed by atoms with Gasteiger partial charge in [-0.2, -0.15) is 5.26 Å². The van der Waals surface area contributed by atoms with E-state index in [0.29, 0.717) is 22.5 Å². The van der Waals surface area contributed by atoms with Crippen LogP contribution in [-0.2, 0) is 4.79 Å². The molecule has 0 atom stereocenters. The molecule has 2 heterocycles. The van der Waals surface area contributed by atoms with Gasteiger partial charge in [-0.3, -0.25) is 9.78 Å². The van der Waals surface area contributed by atoms with Crippen molar-refractivity contribution < 1.29 is 4.79 Å². The molecule has 1 amide bonds. The third-order valence-electron chi connectivity index (χ3n) is 4.71. The lowest BCUT2D eigenvalue weighted by Gasteiger charge is -2.13. The van der Waals surface area contributed by atoms with Gasteiger partial charge in [-0.1, -0.05) is 0 Å². The SMILES string of the molecule is Cc1ccncc1-c1cc2cc(NC(=O)C3CC3)ncc2c(N)c1C#N. The fourth-order valence-electron chi connectivity index (χ4n) is 3.04. The molecule has 6 heteroatoms. The summed E-state index contributed by atoms with van der Waals surface area (Å²) in [6.07, 6.45) is 6.91. The maximum Gasteiger partial charge on any atom is 0.228 e. The number of aryl methyl sites for hydroxylation is 1. The highest BCUT2D eigenvalue weighted by Crippen LogP contribution is 2.36. The van der Waals surface area contributed by atoms with Gasteiger partial charge in [-0.05, 0) is 48.9 Å². The number of carbonyl (C=O) groups excluding carboxylic acids is 1. The molecule has 0 saturated heterocycles. The van der Waals surface area contributed by atoms with Gasteiger partial charge in [0, 0.05) is 41.0 Å². The molecular formula is C20H17N5O. The minimum atomic E-state index is 0.00166. The van der Waals surface area contributed by atoms with Crippen molar-refractivity contribution in [1.29, 1.82) is 5.26 Å². The number of carbonyl (C=O) groups is 1. The summed E-state index contributed by atoms with van der Waals surface area (Å²) >= 11 is 0. The molecule has 1 fully saturated rings. The highest BCUT2D eigenvalue weighted by atomic mass is 16.2. The van der Waals surface area contributed by atoms with E-state index in [9.17, 15) is 10.1 Å². The van der Waals surface area contributed by atoms with Crippen molar-refractivity contribution in [3.8, 4) is 17.2 Å². The molecule has 1 aliphatic carbocycles. The number of fused-ring (bicyclic) bond motifs is 1. The van der Waals surface area contributed by atoms with Gasteiger partial charge >= 0.3 is 0 Å². The second kappa shape index (κ2) is 6.12. The predicted octanol–water partition coefficient (Wildman–Crippen LogP) is 3.41. The van der Waals surface area contributed by atoms with Crippen LogP contribution in [0.1, 0.15) is 24.0 Å². The smallest absolute Gasteiger partial charge is 0.228 e. The van der Waals surface area contributed by atoms with Crippen molar-refractivity contribution in [2.75, 3.05) is 11.1 Å². The molecule has 2 aromatic heterocycles. The Morgan fingerprint density at radius 2 is 2.12 bits per heavy atom. The van der Waals surface area contributed by atoms with E-state index in [-0.39, 0.29) is 11.8 Å². The van der Waals surface area contributed by atoms with Crippen molar-refractivity contribution in [3.63, 3.8) is 0 Å². The molecule has 3 N–H and O–H groups in total. The Morgan fingerprint density at radius 1 is 1.31 bits per heavy atom. The molecule has 0 aliphatic heterocycles. The van der Waals surface area contributed by atoms with Gasteiger partial charge in [-0.15, -0.1) is 0 Å². The van der Waals surface area contributed by atoms with Gasteiger partial charge < -0.3 is 11.1 Å². The average molecular weight is 343 g/mol. The summed E-state index contributed by atoms with van der Waals surface area (Å²) in [5.41, 5.74) is 9.65. The molecule has 0 radical (unpaired) electrons. The van der Waals surface area contributed by atoms with Crippen LogP contribution in [0.2, 0.25) is 0 Å². The van der Waals surface area contributed by atoms with Crippen LogP contribution in [-0.4, -0.2) is 15.9 Å². The normalized spacial score (nSPS) is 13.4. The first-order valence-corrected chi connectivity index (χ1v) is 8.42. The number of amides is 1. The minimum absolute atomic E-state index is 0.00166. The number of nitrogens with zero attached hydrogens (tertiary/aromatic N) is 3. The Kier molecular flexibility index (Phi) is 3.77. The van der Waals surface area contributed by atoms with Crippen molar-refractivity contribution >= 4 is 28.2 Å². The molecule has 0 unspecified atom stereocenters. The van der Waals surface area contributed by atoms with Crippen LogP contribution in [0.3, 0.4) is 0 Å². The van der Waals surface area contributed by atoms with Gasteiger partial charge in [0.25, 0.3) is 0 Å². The van der Waals surface area contributed by atoms with Crippen LogP contribution < -0.4 is 11.1 Å². The Morgan fingerprint density at radius 3 is 2.81 bits per heavy atom. The molecular weight excluding hydrogens is 326 g/mol. The average Bonchev–Trinajstić information content (AvgIpc) is 3.47. The van der Waals surface area contributed by atoms with Crippen molar-refractivity contribution in [3.05, 3.63) is 47.9 Å². The van der Waals surface area contributed by atoms with Crippen LogP contribution >= 0.6 is 0 Å². The first kappa shape index (κ1) is 16.0. The van der Waals surface area contributed by atoms with Crippen LogP contribution in [0, 0.1) is 24.2 Å². The molecule has 1 saturated carbocycles. The van der Waals surface area contributed by atoms with Gasteiger partial charge in [0.15, 0.2) is 0 Å². The number of rotatable bonds is 3. The molecule has 4 rings (SSSR count). The highest BCUT2D eigenvalue weighted by Gasteiger charge is 2.29. The lowest BCUT2D eigenvalue weighted by atomic mass is 9.94. The Bertz CT molecular complexity index is 1080. The van der Waals surface area contributed by atoms with E-state index in [4.69, 9.17) is 5.73 Å². The molecule has 1 aromatic carbocycles. The molecule has 26 heavy (non-hydrogen) atoms. The summed E-state index contributed by atoms with van der Waals surface area (Å²) < 4.78 is 0. The molecule has 0 spiro atoms. The van der Waals surface area contributed by atoms with E-state index < -0.39 is 0 Å². The minimum Gasteiger partial charge on any atom is -0.397 e. The Balaban J connectivity index is 1.87. The van der Waals surface area contributed by atoms with E-state index in [1.807, 2.05) is 19.1 Å². The van der Waals surface area contributed by atoms with Crippen molar-refractivity contribution in [2.45, 2.75) is 19.8 Å². The highest BCUT2D eigenvalue weighted by molar-refractivity contribution is 6.02. The maximum absolute atomic E-state index is 12.0. The maximum atomic E-state index is 12.0. The van der Waals surface area contributed by atoms with Gasteiger partial charge in [-0.25, -0.2) is 4.98 Å². The number of anilines is 2. The third kappa shape index (κ3) is 2.74. The number of nitrogens with two attached hydrogens (primary N) is 1. The molecule has 1 aliphatic rings. The second-order valence-corrected chi connectivity index (χ2v) is 6.57. The summed E-state index contributed by atoms with van der Waals surface area (Å²) in [4.78, 5) is 20.4. The first-order chi connectivity index (χ1) is 12.6. The Labute approximate surface area is 150 Å². The number of nitrogen functional groups attached to an aromatic ring is 1. The van der Waals surface area contributed by atoms with Crippen LogP contribution in [0.15, 0.2) is 36.8 Å². The third-order valence-corrected chi connectivity index (χ3v) is 4.71. The van der Waals surface area contributed by atoms with E-state index in [0.717, 1.165) is 34.9 Å². The zero-order valence-electron chi connectivity index (χ0n) is 14.3. The monoisotopic (exact) mass is 343 g/mol. The number of nitriles is 1. The molecule has 3 aromatic rings. The lowest BCUT2D eigenvalue weighted by molar-refractivity contribution is -0.117. The molecule has 128 valence electrons. The summed E-state index contributed by atoms with van der Waals surface area (Å²) in [6.45, 7) is 1.96. The van der Waals surface area contributed by atoms with E-state index in [1.54, 1.807) is 24.7 Å². The molecule has 6 nitrogen and oxygen atoms in total. The Hall–Kier alpha value is -3.46. The second-order valence-electron chi connectivity index (χ2n) is 6.57. The lowest BCUT2D eigenvalue weighted by Crippen LogP contribution is -2.14. The number of pyridine rings is 2.